The fourth-order valence-electron chi connectivity index (χ4n) is 1.52. The predicted molar refractivity (Wildman–Crippen MR) is 60.9 cm³/mol. The molecule has 0 spiro atoms. The highest BCUT2D eigenvalue weighted by atomic mass is 16.5. The van der Waals surface area contributed by atoms with Gasteiger partial charge in [-0.2, -0.15) is 0 Å². The van der Waals surface area contributed by atoms with Gasteiger partial charge in [-0.15, -0.1) is 0 Å². The van der Waals surface area contributed by atoms with Gasteiger partial charge in [-0.05, 0) is 0 Å². The Morgan fingerprint density at radius 3 is 2.69 bits per heavy atom. The number of nitrogens with one attached hydrogen (secondary N) is 1. The number of nitrogens with two attached hydrogens (primary N) is 1. The number of aromatic nitrogens is 1. The molecule has 3 N–H and O–H groups in total. The fourth-order valence-corrected chi connectivity index (χ4v) is 1.52. The van der Waals surface area contributed by atoms with E-state index in [-0.39, 0.29) is 5.97 Å². The summed E-state index contributed by atoms with van der Waals surface area (Å²) >= 11 is 0. The molecule has 0 fully saturated rings. The lowest BCUT2D eigenvalue weighted by Crippen LogP contribution is -2.10. The topological polar surface area (TPSA) is 77.2 Å². The van der Waals surface area contributed by atoms with Gasteiger partial charge in [-0.25, -0.2) is 10.8 Å². The van der Waals surface area contributed by atoms with Crippen LogP contribution in [-0.2, 0) is 4.79 Å². The van der Waals surface area contributed by atoms with Crippen LogP contribution in [0.5, 0.6) is 5.75 Å². The van der Waals surface area contributed by atoms with Crippen LogP contribution in [-0.4, -0.2) is 11.0 Å². The van der Waals surface area contributed by atoms with E-state index in [4.69, 9.17) is 10.6 Å². The van der Waals surface area contributed by atoms with E-state index in [0.717, 1.165) is 10.8 Å². The first-order valence-electron chi connectivity index (χ1n) is 4.75. The molecule has 0 bridgehead atoms. The van der Waals surface area contributed by atoms with Gasteiger partial charge in [0.2, 0.25) is 0 Å². The van der Waals surface area contributed by atoms with Gasteiger partial charge in [-0.3, -0.25) is 4.79 Å². The minimum atomic E-state index is -0.375. The van der Waals surface area contributed by atoms with Gasteiger partial charge in [0.15, 0.2) is 5.75 Å². The number of hydrogen-bond donors (Lipinski definition) is 2. The number of nitrogens with zero attached hydrogens (tertiary/aromatic N) is 1. The molecular weight excluding hydrogens is 206 g/mol. The summed E-state index contributed by atoms with van der Waals surface area (Å²) < 4.78 is 5.06. The number of anilines is 1. The van der Waals surface area contributed by atoms with E-state index < -0.39 is 0 Å². The zero-order chi connectivity index (χ0) is 11.5. The number of hydrogen-bond acceptors (Lipinski definition) is 5. The van der Waals surface area contributed by atoms with Crippen molar-refractivity contribution in [2.75, 3.05) is 5.43 Å². The summed E-state index contributed by atoms with van der Waals surface area (Å²) in [6.07, 6.45) is 1.47. The van der Waals surface area contributed by atoms with E-state index in [1.807, 2.05) is 24.3 Å². The maximum Gasteiger partial charge on any atom is 0.308 e. The Morgan fingerprint density at radius 2 is 2.06 bits per heavy atom. The number of carbonyl (C=O) groups excluding carboxylic acids is 1. The van der Waals surface area contributed by atoms with Crippen LogP contribution in [0.25, 0.3) is 10.8 Å². The minimum absolute atomic E-state index is 0.375. The second-order valence-electron chi connectivity index (χ2n) is 3.25. The normalized spacial score (nSPS) is 10.1. The van der Waals surface area contributed by atoms with Crippen molar-refractivity contribution in [3.63, 3.8) is 0 Å². The zero-order valence-electron chi connectivity index (χ0n) is 8.73. The Hall–Kier alpha value is -2.14. The molecule has 0 saturated heterocycles. The standard InChI is InChI=1S/C11H11N3O2/c1-7(15)16-10-6-13-11(14-12)9-5-3-2-4-8(9)10/h2-6H,12H2,1H3,(H,13,14). The van der Waals surface area contributed by atoms with Crippen LogP contribution >= 0.6 is 0 Å². The third kappa shape index (κ3) is 1.80. The van der Waals surface area contributed by atoms with Gasteiger partial charge in [0.05, 0.1) is 6.20 Å². The van der Waals surface area contributed by atoms with E-state index in [1.54, 1.807) is 0 Å². The van der Waals surface area contributed by atoms with E-state index in [2.05, 4.69) is 10.4 Å². The van der Waals surface area contributed by atoms with Crippen LogP contribution in [0.2, 0.25) is 0 Å². The summed E-state index contributed by atoms with van der Waals surface area (Å²) in [6.45, 7) is 1.35. The first kappa shape index (κ1) is 10.4. The molecule has 2 rings (SSSR count). The van der Waals surface area contributed by atoms with Crippen molar-refractivity contribution in [2.24, 2.45) is 5.84 Å². The summed E-state index contributed by atoms with van der Waals surface area (Å²) in [5.41, 5.74) is 2.50. The average molecular weight is 217 g/mol. The molecule has 5 nitrogen and oxygen atoms in total. The molecular formula is C11H11N3O2. The largest absolute Gasteiger partial charge is 0.424 e. The third-order valence-electron chi connectivity index (χ3n) is 2.15. The van der Waals surface area contributed by atoms with Crippen molar-refractivity contribution in [2.45, 2.75) is 6.92 Å². The molecule has 1 aromatic heterocycles. The fraction of sp³-hybridized carbons (Fsp3) is 0.0909. The molecule has 82 valence electrons. The summed E-state index contributed by atoms with van der Waals surface area (Å²) in [4.78, 5) is 15.0. The maximum absolute atomic E-state index is 10.9. The maximum atomic E-state index is 10.9. The number of carbonyl (C=O) groups is 1. The molecule has 0 radical (unpaired) electrons. The lowest BCUT2D eigenvalue weighted by atomic mass is 10.1. The minimum Gasteiger partial charge on any atom is -0.424 e. The monoisotopic (exact) mass is 217 g/mol. The quantitative estimate of drug-likeness (QED) is 0.452. The smallest absolute Gasteiger partial charge is 0.308 e. The molecule has 5 heteroatoms. The average Bonchev–Trinajstić information content (AvgIpc) is 2.29. The number of benzene rings is 1. The second-order valence-corrected chi connectivity index (χ2v) is 3.25. The first-order valence-corrected chi connectivity index (χ1v) is 4.75. The van der Waals surface area contributed by atoms with E-state index >= 15 is 0 Å². The first-order chi connectivity index (χ1) is 7.72. The Labute approximate surface area is 92.2 Å². The number of ether oxygens (including phenoxy) is 1. The molecule has 2 aromatic rings. The van der Waals surface area contributed by atoms with Gasteiger partial charge in [0.25, 0.3) is 0 Å². The lowest BCUT2D eigenvalue weighted by Gasteiger charge is -2.08. The molecule has 0 unspecified atom stereocenters. The van der Waals surface area contributed by atoms with Gasteiger partial charge in [-0.1, -0.05) is 24.3 Å². The van der Waals surface area contributed by atoms with Crippen molar-refractivity contribution >= 4 is 22.6 Å². The molecule has 0 saturated carbocycles. The number of hydrazine groups is 1. The van der Waals surface area contributed by atoms with Crippen LogP contribution in [0, 0.1) is 0 Å². The van der Waals surface area contributed by atoms with E-state index in [9.17, 15) is 4.79 Å². The summed E-state index contributed by atoms with van der Waals surface area (Å²) in [7, 11) is 0. The molecule has 0 amide bonds. The van der Waals surface area contributed by atoms with E-state index in [1.165, 1.54) is 13.1 Å². The highest BCUT2D eigenvalue weighted by Crippen LogP contribution is 2.28. The number of pyridine rings is 1. The van der Waals surface area contributed by atoms with Crippen LogP contribution in [0.4, 0.5) is 5.82 Å². The molecule has 1 heterocycles. The lowest BCUT2D eigenvalue weighted by molar-refractivity contribution is -0.131. The Bertz CT molecular complexity index is 540. The molecule has 0 aliphatic carbocycles. The third-order valence-corrected chi connectivity index (χ3v) is 2.15. The Morgan fingerprint density at radius 1 is 1.38 bits per heavy atom. The van der Waals surface area contributed by atoms with Crippen LogP contribution in [0.1, 0.15) is 6.92 Å². The van der Waals surface area contributed by atoms with Crippen molar-refractivity contribution in [1.29, 1.82) is 0 Å². The van der Waals surface area contributed by atoms with Gasteiger partial charge in [0.1, 0.15) is 5.82 Å². The van der Waals surface area contributed by atoms with Gasteiger partial charge >= 0.3 is 5.97 Å². The SMILES string of the molecule is CC(=O)Oc1cnc(NN)c2ccccc12. The number of nitrogen functional groups attached to an aromatic ring is 1. The van der Waals surface area contributed by atoms with Crippen molar-refractivity contribution < 1.29 is 9.53 Å². The molecule has 1 aromatic carbocycles. The Kier molecular flexibility index (Phi) is 2.70. The van der Waals surface area contributed by atoms with Gasteiger partial charge < -0.3 is 10.2 Å². The van der Waals surface area contributed by atoms with E-state index in [0.29, 0.717) is 11.6 Å². The predicted octanol–water partition coefficient (Wildman–Crippen LogP) is 1.45. The number of esters is 1. The molecule has 0 aliphatic heterocycles. The number of rotatable bonds is 2. The van der Waals surface area contributed by atoms with Crippen LogP contribution in [0.15, 0.2) is 30.5 Å². The van der Waals surface area contributed by atoms with Crippen molar-refractivity contribution in [1.82, 2.24) is 4.98 Å². The van der Waals surface area contributed by atoms with Crippen LogP contribution in [0.3, 0.4) is 0 Å². The van der Waals surface area contributed by atoms with Crippen molar-refractivity contribution in [3.8, 4) is 5.75 Å². The summed E-state index contributed by atoms with van der Waals surface area (Å²) in [6, 6.07) is 7.42. The molecule has 16 heavy (non-hydrogen) atoms. The van der Waals surface area contributed by atoms with Crippen LogP contribution < -0.4 is 16.0 Å². The molecule has 0 aliphatic rings. The second kappa shape index (κ2) is 4.16. The highest BCUT2D eigenvalue weighted by molar-refractivity contribution is 5.96. The Balaban J connectivity index is 2.64. The summed E-state index contributed by atoms with van der Waals surface area (Å²) in [5.74, 6) is 5.95. The highest BCUT2D eigenvalue weighted by Gasteiger charge is 2.08. The van der Waals surface area contributed by atoms with Crippen molar-refractivity contribution in [3.05, 3.63) is 30.5 Å². The molecule has 0 atom stereocenters. The summed E-state index contributed by atoms with van der Waals surface area (Å²) in [5, 5.41) is 1.60. The zero-order valence-corrected chi connectivity index (χ0v) is 8.73. The number of fused-ring (bicyclic) bond motifs is 1. The van der Waals surface area contributed by atoms with Gasteiger partial charge in [0, 0.05) is 17.7 Å².